The van der Waals surface area contributed by atoms with Gasteiger partial charge in [0.2, 0.25) is 5.88 Å². The summed E-state index contributed by atoms with van der Waals surface area (Å²) >= 11 is 0. The number of benzene rings is 1. The van der Waals surface area contributed by atoms with Gasteiger partial charge in [-0.15, -0.1) is 0 Å². The highest BCUT2D eigenvalue weighted by atomic mass is 19.4. The lowest BCUT2D eigenvalue weighted by Gasteiger charge is -2.17. The summed E-state index contributed by atoms with van der Waals surface area (Å²) in [5.74, 6) is -2.47. The molecule has 2 atom stereocenters. The second-order valence-electron chi connectivity index (χ2n) is 8.94. The van der Waals surface area contributed by atoms with Crippen LogP contribution in [0.4, 0.5) is 27.8 Å². The van der Waals surface area contributed by atoms with Crippen molar-refractivity contribution in [3.63, 3.8) is 0 Å². The quantitative estimate of drug-likeness (QED) is 0.359. The number of nitrogens with zero attached hydrogens (tertiary/aromatic N) is 5. The average molecular weight is 561 g/mol. The summed E-state index contributed by atoms with van der Waals surface area (Å²) in [6, 6.07) is 5.68. The van der Waals surface area contributed by atoms with Gasteiger partial charge < -0.3 is 20.7 Å². The molecule has 2 amide bonds. The topological polar surface area (TPSA) is 128 Å². The van der Waals surface area contributed by atoms with Gasteiger partial charge in [0.15, 0.2) is 5.82 Å². The minimum absolute atomic E-state index is 0.0610. The predicted molar refractivity (Wildman–Crippen MR) is 131 cm³/mol. The second kappa shape index (κ2) is 10.1. The first-order valence-electron chi connectivity index (χ1n) is 11.7. The van der Waals surface area contributed by atoms with Crippen LogP contribution in [0.1, 0.15) is 26.3 Å². The van der Waals surface area contributed by atoms with E-state index in [1.807, 2.05) is 0 Å². The zero-order valence-corrected chi connectivity index (χ0v) is 20.6. The molecular weight excluding hydrogens is 541 g/mol. The van der Waals surface area contributed by atoms with Crippen LogP contribution >= 0.6 is 0 Å². The van der Waals surface area contributed by atoms with Gasteiger partial charge in [0.25, 0.3) is 11.8 Å². The highest BCUT2D eigenvalue weighted by Crippen LogP contribution is 2.39. The highest BCUT2D eigenvalue weighted by molar-refractivity contribution is 5.98. The molecule has 0 spiro atoms. The number of halogens is 5. The van der Waals surface area contributed by atoms with Crippen molar-refractivity contribution in [1.29, 1.82) is 0 Å². The number of methoxy groups -OCH3 is 1. The maximum atomic E-state index is 14.9. The van der Waals surface area contributed by atoms with Gasteiger partial charge in [0.05, 0.1) is 31.0 Å². The summed E-state index contributed by atoms with van der Waals surface area (Å²) < 4.78 is 75.3. The maximum absolute atomic E-state index is 14.9. The zero-order valence-electron chi connectivity index (χ0n) is 20.6. The maximum Gasteiger partial charge on any atom is 0.418 e. The molecule has 1 saturated heterocycles. The Hall–Kier alpha value is -4.82. The number of carbonyl (C=O) groups is 2. The molecule has 1 fully saturated rings. The molecule has 4 aromatic rings. The number of likely N-dealkylation sites (tertiary alicyclic amines) is 1. The molecule has 3 aromatic heterocycles. The Balaban J connectivity index is 1.43. The average Bonchev–Trinajstić information content (AvgIpc) is 3.50. The number of carbonyl (C=O) groups excluding carboxylic acids is 2. The van der Waals surface area contributed by atoms with Crippen LogP contribution < -0.4 is 15.8 Å². The number of anilines is 1. The highest BCUT2D eigenvalue weighted by Gasteiger charge is 2.38. The SMILES string of the molecule is COc1ncc(-c2cc(C(F)(F)F)c3c(N)ncnn23)cc1C(=O)NC1CN(C(=O)c2ccc(F)cc2)C[C@@H]1F. The zero-order chi connectivity index (χ0) is 28.8. The molecule has 3 N–H and O–H groups in total. The van der Waals surface area contributed by atoms with E-state index in [4.69, 9.17) is 10.5 Å². The minimum Gasteiger partial charge on any atom is -0.480 e. The van der Waals surface area contributed by atoms with E-state index in [1.165, 1.54) is 36.4 Å². The van der Waals surface area contributed by atoms with E-state index in [2.05, 4.69) is 20.4 Å². The number of hydrogen-bond donors (Lipinski definition) is 2. The molecule has 15 heteroatoms. The summed E-state index contributed by atoms with van der Waals surface area (Å²) in [6.45, 7) is -0.485. The van der Waals surface area contributed by atoms with Crippen LogP contribution in [0.5, 0.6) is 5.88 Å². The molecule has 40 heavy (non-hydrogen) atoms. The number of nitrogens with one attached hydrogen (secondary N) is 1. The van der Waals surface area contributed by atoms with Gasteiger partial charge in [-0.25, -0.2) is 23.3 Å². The van der Waals surface area contributed by atoms with Crippen LogP contribution in [0.15, 0.2) is 48.9 Å². The number of alkyl halides is 4. The summed E-state index contributed by atoms with van der Waals surface area (Å²) in [6.07, 6.45) is -4.24. The van der Waals surface area contributed by atoms with Crippen LogP contribution in [0.3, 0.4) is 0 Å². The Morgan fingerprint density at radius 2 is 1.85 bits per heavy atom. The lowest BCUT2D eigenvalue weighted by Crippen LogP contribution is -2.42. The molecule has 0 radical (unpaired) electrons. The Bertz CT molecular complexity index is 1610. The van der Waals surface area contributed by atoms with Gasteiger partial charge >= 0.3 is 6.18 Å². The van der Waals surface area contributed by atoms with E-state index in [0.29, 0.717) is 0 Å². The fourth-order valence-electron chi connectivity index (χ4n) is 4.49. The van der Waals surface area contributed by atoms with Crippen LogP contribution in [0.2, 0.25) is 0 Å². The Morgan fingerprint density at radius 3 is 2.52 bits per heavy atom. The number of amides is 2. The minimum atomic E-state index is -4.78. The van der Waals surface area contributed by atoms with Crippen molar-refractivity contribution in [3.8, 4) is 17.1 Å². The first-order valence-corrected chi connectivity index (χ1v) is 11.7. The van der Waals surface area contributed by atoms with Gasteiger partial charge in [0.1, 0.15) is 29.4 Å². The lowest BCUT2D eigenvalue weighted by atomic mass is 10.1. The Kier molecular flexibility index (Phi) is 6.73. The van der Waals surface area contributed by atoms with Crippen molar-refractivity contribution in [2.45, 2.75) is 18.4 Å². The summed E-state index contributed by atoms with van der Waals surface area (Å²) in [7, 11) is 1.23. The molecule has 0 aliphatic carbocycles. The number of pyridine rings is 1. The van der Waals surface area contributed by atoms with Gasteiger partial charge in [-0.3, -0.25) is 9.59 Å². The molecule has 1 aliphatic rings. The molecule has 1 unspecified atom stereocenters. The molecule has 10 nitrogen and oxygen atoms in total. The fourth-order valence-corrected chi connectivity index (χ4v) is 4.49. The standard InChI is InChI=1S/C25H20F5N7O3/c1-40-23-15(22(38)35-18-10-36(9-17(18)27)24(39)12-2-4-14(26)5-3-12)6-13(8-32-23)19-7-16(25(28,29)30)20-21(31)33-11-34-37(19)20/h2-8,11,17-18H,9-10H2,1H3,(H,35,38)(H2,31,33,34)/t17-,18?/m0/s1. The third kappa shape index (κ3) is 4.85. The lowest BCUT2D eigenvalue weighted by molar-refractivity contribution is -0.136. The van der Waals surface area contributed by atoms with Gasteiger partial charge in [-0.05, 0) is 36.4 Å². The third-order valence-electron chi connectivity index (χ3n) is 6.42. The van der Waals surface area contributed by atoms with Gasteiger partial charge in [0, 0.05) is 23.9 Å². The normalized spacial score (nSPS) is 17.3. The third-order valence-corrected chi connectivity index (χ3v) is 6.42. The first kappa shape index (κ1) is 26.8. The number of hydrogen-bond acceptors (Lipinski definition) is 7. The largest absolute Gasteiger partial charge is 0.480 e. The first-order chi connectivity index (χ1) is 19.0. The number of nitrogens with two attached hydrogens (primary N) is 1. The van der Waals surface area contributed by atoms with Gasteiger partial charge in [-0.2, -0.15) is 18.3 Å². The molecule has 0 saturated carbocycles. The van der Waals surface area contributed by atoms with Crippen molar-refractivity contribution in [3.05, 3.63) is 71.4 Å². The van der Waals surface area contributed by atoms with Crippen molar-refractivity contribution < 1.29 is 36.3 Å². The predicted octanol–water partition coefficient (Wildman–Crippen LogP) is 3.13. The fraction of sp³-hybridized carbons (Fsp3) is 0.240. The molecule has 0 bridgehead atoms. The van der Waals surface area contributed by atoms with E-state index >= 15 is 0 Å². The molecule has 1 aromatic carbocycles. The number of nitrogen functional groups attached to an aromatic ring is 1. The molecule has 1 aliphatic heterocycles. The smallest absolute Gasteiger partial charge is 0.418 e. The number of rotatable bonds is 5. The molecule has 4 heterocycles. The molecular formula is C25H20F5N7O3. The van der Waals surface area contributed by atoms with Crippen LogP contribution in [-0.2, 0) is 6.18 Å². The Morgan fingerprint density at radius 1 is 1.12 bits per heavy atom. The van der Waals surface area contributed by atoms with Gasteiger partial charge in [-0.1, -0.05) is 0 Å². The summed E-state index contributed by atoms with van der Waals surface area (Å²) in [5.41, 5.74) is 4.08. The second-order valence-corrected chi connectivity index (χ2v) is 8.94. The summed E-state index contributed by atoms with van der Waals surface area (Å²) in [5, 5.41) is 6.37. The van der Waals surface area contributed by atoms with E-state index in [-0.39, 0.29) is 41.4 Å². The Labute approximate surface area is 222 Å². The van der Waals surface area contributed by atoms with E-state index < -0.39 is 52.9 Å². The van der Waals surface area contributed by atoms with E-state index in [1.54, 1.807) is 0 Å². The van der Waals surface area contributed by atoms with Crippen LogP contribution in [0.25, 0.3) is 16.8 Å². The van der Waals surface area contributed by atoms with Crippen molar-refractivity contribution in [2.75, 3.05) is 25.9 Å². The van der Waals surface area contributed by atoms with E-state index in [0.717, 1.165) is 29.0 Å². The molecule has 208 valence electrons. The van der Waals surface area contributed by atoms with E-state index in [9.17, 15) is 31.5 Å². The summed E-state index contributed by atoms with van der Waals surface area (Å²) in [4.78, 5) is 34.8. The number of ether oxygens (including phenoxy) is 1. The number of aromatic nitrogens is 4. The molecule has 5 rings (SSSR count). The number of fused-ring (bicyclic) bond motifs is 1. The van der Waals surface area contributed by atoms with Crippen molar-refractivity contribution in [2.24, 2.45) is 0 Å². The van der Waals surface area contributed by atoms with Crippen LogP contribution in [-0.4, -0.2) is 68.7 Å². The van der Waals surface area contributed by atoms with Crippen LogP contribution in [0, 0.1) is 5.82 Å². The van der Waals surface area contributed by atoms with Crippen molar-refractivity contribution >= 4 is 23.1 Å². The monoisotopic (exact) mass is 561 g/mol. The van der Waals surface area contributed by atoms with Crippen molar-refractivity contribution in [1.82, 2.24) is 29.8 Å².